The van der Waals surface area contributed by atoms with E-state index in [4.69, 9.17) is 4.74 Å². The van der Waals surface area contributed by atoms with E-state index in [0.717, 1.165) is 16.6 Å². The van der Waals surface area contributed by atoms with Gasteiger partial charge in [-0.25, -0.2) is 4.79 Å². The zero-order valence-corrected chi connectivity index (χ0v) is 19.3. The molecule has 9 nitrogen and oxygen atoms in total. The highest BCUT2D eigenvalue weighted by atomic mass is 16.6. The summed E-state index contributed by atoms with van der Waals surface area (Å²) < 4.78 is 7.31. The molecule has 9 heteroatoms. The molecular weight excluding hydrogens is 410 g/mol. The maximum Gasteiger partial charge on any atom is 0.410 e. The number of aryl methyl sites for hydroxylation is 1. The number of ether oxygens (including phenoxy) is 1. The summed E-state index contributed by atoms with van der Waals surface area (Å²) in [6.07, 6.45) is 0.522. The number of carbonyl (C=O) groups is 3. The largest absolute Gasteiger partial charge is 0.444 e. The van der Waals surface area contributed by atoms with Gasteiger partial charge in [-0.2, -0.15) is 5.10 Å². The van der Waals surface area contributed by atoms with E-state index >= 15 is 0 Å². The Morgan fingerprint density at radius 1 is 1.22 bits per heavy atom. The lowest BCUT2D eigenvalue weighted by Crippen LogP contribution is -2.54. The van der Waals surface area contributed by atoms with E-state index in [1.807, 2.05) is 40.0 Å². The van der Waals surface area contributed by atoms with Gasteiger partial charge in [0, 0.05) is 50.2 Å². The molecule has 1 aromatic carbocycles. The number of nitrogens with zero attached hydrogens (tertiary/aromatic N) is 4. The topological polar surface area (TPSA) is 96.8 Å². The number of benzene rings is 1. The Morgan fingerprint density at radius 3 is 2.62 bits per heavy atom. The average Bonchev–Trinajstić information content (AvgIpc) is 3.02. The molecule has 2 aromatic rings. The van der Waals surface area contributed by atoms with Gasteiger partial charge in [-0.1, -0.05) is 0 Å². The van der Waals surface area contributed by atoms with Crippen molar-refractivity contribution in [1.29, 1.82) is 0 Å². The number of rotatable bonds is 2. The number of imide groups is 1. The van der Waals surface area contributed by atoms with Gasteiger partial charge in [-0.05, 0) is 52.3 Å². The van der Waals surface area contributed by atoms with E-state index in [-0.39, 0.29) is 23.9 Å². The molecule has 2 aliphatic heterocycles. The zero-order chi connectivity index (χ0) is 23.2. The number of anilines is 1. The van der Waals surface area contributed by atoms with Gasteiger partial charge >= 0.3 is 6.09 Å². The van der Waals surface area contributed by atoms with Crippen molar-refractivity contribution in [3.05, 3.63) is 23.9 Å². The fourth-order valence-electron chi connectivity index (χ4n) is 4.50. The molecule has 1 unspecified atom stereocenters. The highest BCUT2D eigenvalue weighted by Gasteiger charge is 2.33. The van der Waals surface area contributed by atoms with Crippen molar-refractivity contribution in [2.24, 2.45) is 7.05 Å². The minimum atomic E-state index is -0.512. The fraction of sp³-hybridized carbons (Fsp3) is 0.565. The van der Waals surface area contributed by atoms with Crippen LogP contribution >= 0.6 is 0 Å². The minimum Gasteiger partial charge on any atom is -0.444 e. The second kappa shape index (κ2) is 8.11. The summed E-state index contributed by atoms with van der Waals surface area (Å²) in [4.78, 5) is 40.3. The van der Waals surface area contributed by atoms with Gasteiger partial charge < -0.3 is 14.5 Å². The monoisotopic (exact) mass is 441 g/mol. The molecule has 2 atom stereocenters. The molecule has 0 bridgehead atoms. The van der Waals surface area contributed by atoms with Crippen LogP contribution < -0.4 is 10.2 Å². The summed E-state index contributed by atoms with van der Waals surface area (Å²) >= 11 is 0. The first-order chi connectivity index (χ1) is 15.0. The predicted molar refractivity (Wildman–Crippen MR) is 120 cm³/mol. The van der Waals surface area contributed by atoms with Crippen LogP contribution in [0.15, 0.2) is 18.2 Å². The summed E-state index contributed by atoms with van der Waals surface area (Å²) in [7, 11) is 1.87. The number of fused-ring (bicyclic) bond motifs is 1. The van der Waals surface area contributed by atoms with Gasteiger partial charge in [0.25, 0.3) is 0 Å². The molecule has 3 heterocycles. The Hall–Kier alpha value is -3.10. The fourth-order valence-corrected chi connectivity index (χ4v) is 4.50. The Bertz CT molecular complexity index is 1070. The maximum absolute atomic E-state index is 12.4. The van der Waals surface area contributed by atoms with Crippen molar-refractivity contribution in [2.75, 3.05) is 24.5 Å². The van der Waals surface area contributed by atoms with Crippen LogP contribution in [0.5, 0.6) is 0 Å². The third-order valence-corrected chi connectivity index (χ3v) is 6.04. The van der Waals surface area contributed by atoms with Gasteiger partial charge in [0.2, 0.25) is 11.8 Å². The van der Waals surface area contributed by atoms with Crippen LogP contribution in [0.3, 0.4) is 0 Å². The van der Waals surface area contributed by atoms with Crippen LogP contribution in [-0.2, 0) is 21.4 Å². The normalized spacial score (nSPS) is 22.3. The van der Waals surface area contributed by atoms with Gasteiger partial charge in [-0.15, -0.1) is 0 Å². The Kier molecular flexibility index (Phi) is 5.60. The molecule has 0 aliphatic carbocycles. The number of hydrogen-bond donors (Lipinski definition) is 1. The van der Waals surface area contributed by atoms with Crippen LogP contribution in [0.4, 0.5) is 10.5 Å². The number of hydrogen-bond acceptors (Lipinski definition) is 6. The first-order valence-corrected chi connectivity index (χ1v) is 11.1. The van der Waals surface area contributed by atoms with Gasteiger partial charge in [0.1, 0.15) is 5.60 Å². The van der Waals surface area contributed by atoms with Crippen molar-refractivity contribution < 1.29 is 19.1 Å². The molecule has 172 valence electrons. The van der Waals surface area contributed by atoms with Crippen LogP contribution in [-0.4, -0.2) is 63.9 Å². The molecule has 0 spiro atoms. The summed E-state index contributed by atoms with van der Waals surface area (Å²) in [5, 5.41) is 7.96. The number of nitrogens with one attached hydrogen (secondary N) is 1. The van der Waals surface area contributed by atoms with E-state index in [1.165, 1.54) is 0 Å². The van der Waals surface area contributed by atoms with Crippen molar-refractivity contribution in [3.8, 4) is 0 Å². The van der Waals surface area contributed by atoms with E-state index in [1.54, 1.807) is 9.58 Å². The van der Waals surface area contributed by atoms with Crippen LogP contribution in [0.1, 0.15) is 52.1 Å². The van der Waals surface area contributed by atoms with Crippen molar-refractivity contribution >= 4 is 34.5 Å². The van der Waals surface area contributed by atoms with Gasteiger partial charge in [-0.3, -0.25) is 19.6 Å². The predicted octanol–water partition coefficient (Wildman–Crippen LogP) is 2.54. The number of amides is 3. The summed E-state index contributed by atoms with van der Waals surface area (Å²) in [5.74, 6) is -0.927. The third-order valence-electron chi connectivity index (χ3n) is 6.04. The van der Waals surface area contributed by atoms with Gasteiger partial charge in [0.15, 0.2) is 0 Å². The summed E-state index contributed by atoms with van der Waals surface area (Å²) in [6.45, 7) is 9.58. The van der Waals surface area contributed by atoms with Crippen molar-refractivity contribution in [2.45, 2.75) is 58.1 Å². The molecule has 2 saturated heterocycles. The van der Waals surface area contributed by atoms with Crippen molar-refractivity contribution in [1.82, 2.24) is 20.0 Å². The average molecular weight is 442 g/mol. The molecule has 2 fully saturated rings. The molecule has 1 aromatic heterocycles. The Balaban J connectivity index is 1.54. The standard InChI is InChI=1S/C23H31N5O4/c1-14-13-27(22(31)32-23(2,3)4)10-11-28(14)15-6-7-16-18(12-15)26(5)25-20(16)17-8-9-19(29)24-21(17)30/h6-7,12,14,17H,8-11,13H2,1-5H3,(H,24,29,30)/t14-,17?/m1/s1. The SMILES string of the molecule is C[C@@H]1CN(C(=O)OC(C)(C)C)CCN1c1ccc2c(C3CCC(=O)NC3=O)nn(C)c2c1. The van der Waals surface area contributed by atoms with Crippen LogP contribution in [0.25, 0.3) is 10.9 Å². The third kappa shape index (κ3) is 4.28. The van der Waals surface area contributed by atoms with Crippen LogP contribution in [0, 0.1) is 0 Å². The summed E-state index contributed by atoms with van der Waals surface area (Å²) in [5.41, 5.74) is 2.18. The lowest BCUT2D eigenvalue weighted by molar-refractivity contribution is -0.134. The van der Waals surface area contributed by atoms with E-state index < -0.39 is 11.5 Å². The van der Waals surface area contributed by atoms with Crippen molar-refractivity contribution in [3.63, 3.8) is 0 Å². The molecular formula is C23H31N5O4. The molecule has 3 amide bonds. The summed E-state index contributed by atoms with van der Waals surface area (Å²) in [6, 6.07) is 6.25. The molecule has 0 saturated carbocycles. The van der Waals surface area contributed by atoms with E-state index in [9.17, 15) is 14.4 Å². The molecule has 0 radical (unpaired) electrons. The van der Waals surface area contributed by atoms with Crippen LogP contribution in [0.2, 0.25) is 0 Å². The number of piperazine rings is 1. The Morgan fingerprint density at radius 2 is 1.97 bits per heavy atom. The highest BCUT2D eigenvalue weighted by molar-refractivity contribution is 6.02. The number of aromatic nitrogens is 2. The maximum atomic E-state index is 12.4. The highest BCUT2D eigenvalue weighted by Crippen LogP contribution is 2.33. The first-order valence-electron chi connectivity index (χ1n) is 11.1. The smallest absolute Gasteiger partial charge is 0.410 e. The second-order valence-electron chi connectivity index (χ2n) is 9.68. The lowest BCUT2D eigenvalue weighted by Gasteiger charge is -2.41. The molecule has 32 heavy (non-hydrogen) atoms. The Labute approximate surface area is 187 Å². The molecule has 2 aliphatic rings. The zero-order valence-electron chi connectivity index (χ0n) is 19.3. The number of carbonyl (C=O) groups excluding carboxylic acids is 3. The molecule has 1 N–H and O–H groups in total. The van der Waals surface area contributed by atoms with Gasteiger partial charge in [0.05, 0.1) is 17.1 Å². The number of piperidine rings is 1. The second-order valence-corrected chi connectivity index (χ2v) is 9.68. The quantitative estimate of drug-likeness (QED) is 0.720. The van der Waals surface area contributed by atoms with E-state index in [2.05, 4.69) is 28.3 Å². The minimum absolute atomic E-state index is 0.122. The lowest BCUT2D eigenvalue weighted by atomic mass is 9.92. The molecule has 4 rings (SSSR count). The van der Waals surface area contributed by atoms with E-state index in [0.29, 0.717) is 38.2 Å². The first kappa shape index (κ1) is 22.1.